The number of alkyl halides is 2. The van der Waals surface area contributed by atoms with Gasteiger partial charge in [-0.2, -0.15) is 8.78 Å². The second kappa shape index (κ2) is 7.25. The van der Waals surface area contributed by atoms with E-state index in [0.29, 0.717) is 6.54 Å². The summed E-state index contributed by atoms with van der Waals surface area (Å²) in [5, 5.41) is 12.3. The van der Waals surface area contributed by atoms with Crippen LogP contribution in [0.25, 0.3) is 0 Å². The smallest absolute Gasteiger partial charge is 0.387 e. The van der Waals surface area contributed by atoms with Crippen molar-refractivity contribution in [2.75, 3.05) is 13.7 Å². The third kappa shape index (κ3) is 5.00. The normalized spacial score (nSPS) is 14.3. The molecule has 0 radical (unpaired) electrons. The molecule has 19 heavy (non-hydrogen) atoms. The first-order valence-corrected chi connectivity index (χ1v) is 5.98. The summed E-state index contributed by atoms with van der Waals surface area (Å²) < 4.78 is 33.8. The van der Waals surface area contributed by atoms with E-state index in [1.54, 1.807) is 19.1 Å². The van der Waals surface area contributed by atoms with E-state index in [1.807, 2.05) is 6.92 Å². The number of hydrogen-bond acceptors (Lipinski definition) is 4. The summed E-state index contributed by atoms with van der Waals surface area (Å²) in [5.74, 6) is 0.257. The molecule has 0 aliphatic rings. The van der Waals surface area contributed by atoms with E-state index in [4.69, 9.17) is 4.74 Å². The molecule has 108 valence electrons. The van der Waals surface area contributed by atoms with Gasteiger partial charge in [-0.25, -0.2) is 0 Å². The molecule has 0 aliphatic carbocycles. The Morgan fingerprint density at radius 2 is 1.95 bits per heavy atom. The Kier molecular flexibility index (Phi) is 5.98. The lowest BCUT2D eigenvalue weighted by atomic mass is 10.1. The number of rotatable bonds is 7. The predicted molar refractivity (Wildman–Crippen MR) is 67.7 cm³/mol. The number of benzene rings is 1. The molecule has 6 heteroatoms. The minimum absolute atomic E-state index is 0.00368. The number of aliphatic hydroxyl groups is 1. The molecule has 0 aromatic heterocycles. The lowest BCUT2D eigenvalue weighted by Gasteiger charge is -2.17. The fraction of sp³-hybridized carbons (Fsp3) is 0.538. The van der Waals surface area contributed by atoms with Gasteiger partial charge in [-0.3, -0.25) is 0 Å². The van der Waals surface area contributed by atoms with E-state index in [9.17, 15) is 13.9 Å². The molecule has 0 aliphatic heterocycles. The van der Waals surface area contributed by atoms with Gasteiger partial charge in [-0.05, 0) is 31.5 Å². The number of methoxy groups -OCH3 is 1. The monoisotopic (exact) mass is 275 g/mol. The third-order valence-corrected chi connectivity index (χ3v) is 2.62. The van der Waals surface area contributed by atoms with Crippen LogP contribution in [0.5, 0.6) is 11.5 Å². The Labute approximate surface area is 111 Å². The van der Waals surface area contributed by atoms with Crippen molar-refractivity contribution in [2.45, 2.75) is 32.6 Å². The van der Waals surface area contributed by atoms with Gasteiger partial charge < -0.3 is 19.9 Å². The van der Waals surface area contributed by atoms with E-state index < -0.39 is 12.7 Å². The van der Waals surface area contributed by atoms with Crippen LogP contribution >= 0.6 is 0 Å². The SMILES string of the molecule is COc1cc(C(C)NCC(C)O)ccc1OC(F)F. The summed E-state index contributed by atoms with van der Waals surface area (Å²) in [5.41, 5.74) is 0.860. The van der Waals surface area contributed by atoms with Crippen molar-refractivity contribution in [3.8, 4) is 11.5 Å². The summed E-state index contributed by atoms with van der Waals surface area (Å²) in [4.78, 5) is 0. The molecule has 0 fully saturated rings. The van der Waals surface area contributed by atoms with Gasteiger partial charge in [0.1, 0.15) is 0 Å². The standard InChI is InChI=1S/C13H19F2NO3/c1-8(17)7-16-9(2)10-4-5-11(19-13(14)15)12(6-10)18-3/h4-6,8-9,13,16-17H,7H2,1-3H3. The van der Waals surface area contributed by atoms with Gasteiger partial charge in [0, 0.05) is 12.6 Å². The highest BCUT2D eigenvalue weighted by atomic mass is 19.3. The Bertz CT molecular complexity index is 399. The number of aliphatic hydroxyl groups excluding tert-OH is 1. The second-order valence-corrected chi connectivity index (χ2v) is 4.27. The molecule has 0 amide bonds. The molecule has 1 aromatic rings. The van der Waals surface area contributed by atoms with Crippen LogP contribution in [0.4, 0.5) is 8.78 Å². The highest BCUT2D eigenvalue weighted by Crippen LogP contribution is 2.31. The summed E-state index contributed by atoms with van der Waals surface area (Å²) >= 11 is 0. The molecule has 0 saturated carbocycles. The van der Waals surface area contributed by atoms with Crippen LogP contribution in [0.15, 0.2) is 18.2 Å². The van der Waals surface area contributed by atoms with Crippen LogP contribution in [0.3, 0.4) is 0 Å². The molecule has 1 aromatic carbocycles. The van der Waals surface area contributed by atoms with Crippen molar-refractivity contribution in [1.29, 1.82) is 0 Å². The average molecular weight is 275 g/mol. The van der Waals surface area contributed by atoms with Gasteiger partial charge in [0.2, 0.25) is 0 Å². The first kappa shape index (κ1) is 15.7. The minimum Gasteiger partial charge on any atom is -0.493 e. The van der Waals surface area contributed by atoms with Gasteiger partial charge in [0.15, 0.2) is 11.5 Å². The zero-order valence-electron chi connectivity index (χ0n) is 11.2. The van der Waals surface area contributed by atoms with Gasteiger partial charge >= 0.3 is 6.61 Å². The molecule has 1 rings (SSSR count). The average Bonchev–Trinajstić information content (AvgIpc) is 2.35. The fourth-order valence-electron chi connectivity index (χ4n) is 1.61. The zero-order chi connectivity index (χ0) is 14.4. The Morgan fingerprint density at radius 3 is 2.47 bits per heavy atom. The van der Waals surface area contributed by atoms with Gasteiger partial charge in [0.25, 0.3) is 0 Å². The summed E-state index contributed by atoms with van der Waals surface area (Å²) in [6.45, 7) is 1.15. The molecule has 0 spiro atoms. The fourth-order valence-corrected chi connectivity index (χ4v) is 1.61. The maximum absolute atomic E-state index is 12.2. The summed E-state index contributed by atoms with van der Waals surface area (Å²) in [6, 6.07) is 4.72. The summed E-state index contributed by atoms with van der Waals surface area (Å²) in [7, 11) is 1.39. The molecule has 2 unspecified atom stereocenters. The van der Waals surface area contributed by atoms with Crippen LogP contribution in [-0.4, -0.2) is 31.5 Å². The molecule has 4 nitrogen and oxygen atoms in total. The van der Waals surface area contributed by atoms with Crippen molar-refractivity contribution in [2.24, 2.45) is 0 Å². The van der Waals surface area contributed by atoms with Crippen LogP contribution in [0.1, 0.15) is 25.5 Å². The maximum Gasteiger partial charge on any atom is 0.387 e. The predicted octanol–water partition coefficient (Wildman–Crippen LogP) is 2.33. The largest absolute Gasteiger partial charge is 0.493 e. The number of hydrogen-bond donors (Lipinski definition) is 2. The van der Waals surface area contributed by atoms with Gasteiger partial charge in [0.05, 0.1) is 13.2 Å². The van der Waals surface area contributed by atoms with E-state index >= 15 is 0 Å². The lowest BCUT2D eigenvalue weighted by molar-refractivity contribution is -0.0512. The highest BCUT2D eigenvalue weighted by molar-refractivity contribution is 5.43. The van der Waals surface area contributed by atoms with E-state index in [-0.39, 0.29) is 17.5 Å². The Hall–Kier alpha value is -1.40. The van der Waals surface area contributed by atoms with Crippen LogP contribution in [-0.2, 0) is 0 Å². The molecule has 0 saturated heterocycles. The van der Waals surface area contributed by atoms with Gasteiger partial charge in [-0.15, -0.1) is 0 Å². The van der Waals surface area contributed by atoms with Crippen molar-refractivity contribution < 1.29 is 23.4 Å². The molecule has 0 heterocycles. The first-order chi connectivity index (χ1) is 8.93. The number of halogens is 2. The van der Waals surface area contributed by atoms with Crippen molar-refractivity contribution in [1.82, 2.24) is 5.32 Å². The molecule has 0 bridgehead atoms. The van der Waals surface area contributed by atoms with Crippen LogP contribution < -0.4 is 14.8 Å². The van der Waals surface area contributed by atoms with Gasteiger partial charge in [-0.1, -0.05) is 6.07 Å². The van der Waals surface area contributed by atoms with Crippen molar-refractivity contribution in [3.63, 3.8) is 0 Å². The van der Waals surface area contributed by atoms with Crippen molar-refractivity contribution >= 4 is 0 Å². The van der Waals surface area contributed by atoms with E-state index in [1.165, 1.54) is 13.2 Å². The summed E-state index contributed by atoms with van der Waals surface area (Å²) in [6.07, 6.45) is -0.453. The number of ether oxygens (including phenoxy) is 2. The van der Waals surface area contributed by atoms with E-state index in [2.05, 4.69) is 10.1 Å². The minimum atomic E-state index is -2.88. The molecular weight excluding hydrogens is 256 g/mol. The quantitative estimate of drug-likeness (QED) is 0.802. The first-order valence-electron chi connectivity index (χ1n) is 5.98. The Balaban J connectivity index is 2.80. The second-order valence-electron chi connectivity index (χ2n) is 4.27. The van der Waals surface area contributed by atoms with Crippen LogP contribution in [0.2, 0.25) is 0 Å². The molecule has 2 N–H and O–H groups in total. The lowest BCUT2D eigenvalue weighted by Crippen LogP contribution is -2.27. The highest BCUT2D eigenvalue weighted by Gasteiger charge is 2.13. The third-order valence-electron chi connectivity index (χ3n) is 2.62. The van der Waals surface area contributed by atoms with Crippen molar-refractivity contribution in [3.05, 3.63) is 23.8 Å². The molecular formula is C13H19F2NO3. The topological polar surface area (TPSA) is 50.7 Å². The van der Waals surface area contributed by atoms with Crippen LogP contribution in [0, 0.1) is 0 Å². The maximum atomic E-state index is 12.2. The molecule has 2 atom stereocenters. The van der Waals surface area contributed by atoms with E-state index in [0.717, 1.165) is 5.56 Å². The zero-order valence-corrected chi connectivity index (χ0v) is 11.2. The number of nitrogens with one attached hydrogen (secondary N) is 1. The Morgan fingerprint density at radius 1 is 1.26 bits per heavy atom.